The van der Waals surface area contributed by atoms with Gasteiger partial charge in [-0.15, -0.1) is 0 Å². The van der Waals surface area contributed by atoms with Crippen LogP contribution in [0.3, 0.4) is 0 Å². The SMILES string of the molecule is Fc1ccc(-c2c3ccccc3c(-c3ccc(F)cc3F)c3ccccc23)c(F)c1. The van der Waals surface area contributed by atoms with Crippen LogP contribution < -0.4 is 0 Å². The monoisotopic (exact) mass is 402 g/mol. The van der Waals surface area contributed by atoms with Gasteiger partial charge >= 0.3 is 0 Å². The molecule has 30 heavy (non-hydrogen) atoms. The Morgan fingerprint density at radius 1 is 0.400 bits per heavy atom. The average molecular weight is 402 g/mol. The summed E-state index contributed by atoms with van der Waals surface area (Å²) in [6, 6.07) is 21.5. The van der Waals surface area contributed by atoms with Crippen molar-refractivity contribution in [2.24, 2.45) is 0 Å². The lowest BCUT2D eigenvalue weighted by Crippen LogP contribution is -1.95. The van der Waals surface area contributed by atoms with Crippen LogP contribution >= 0.6 is 0 Å². The molecule has 5 aromatic rings. The summed E-state index contributed by atoms with van der Waals surface area (Å²) in [4.78, 5) is 0. The van der Waals surface area contributed by atoms with Crippen LogP contribution in [0.15, 0.2) is 84.9 Å². The number of hydrogen-bond acceptors (Lipinski definition) is 0. The van der Waals surface area contributed by atoms with Crippen LogP contribution in [0.2, 0.25) is 0 Å². The van der Waals surface area contributed by atoms with Gasteiger partial charge < -0.3 is 0 Å². The fourth-order valence-corrected chi connectivity index (χ4v) is 4.09. The minimum Gasteiger partial charge on any atom is -0.207 e. The number of fused-ring (bicyclic) bond motifs is 2. The Kier molecular flexibility index (Phi) is 4.28. The van der Waals surface area contributed by atoms with Crippen LogP contribution in [-0.2, 0) is 0 Å². The van der Waals surface area contributed by atoms with E-state index in [0.717, 1.165) is 12.1 Å². The second-order valence-corrected chi connectivity index (χ2v) is 7.09. The zero-order valence-corrected chi connectivity index (χ0v) is 15.6. The molecule has 0 atom stereocenters. The highest BCUT2D eigenvalue weighted by molar-refractivity contribution is 6.21. The highest BCUT2D eigenvalue weighted by Crippen LogP contribution is 2.44. The Morgan fingerprint density at radius 3 is 1.03 bits per heavy atom. The van der Waals surface area contributed by atoms with Gasteiger partial charge in [0.2, 0.25) is 0 Å². The summed E-state index contributed by atoms with van der Waals surface area (Å²) in [6.45, 7) is 0. The van der Waals surface area contributed by atoms with Crippen LogP contribution in [0.25, 0.3) is 43.8 Å². The Labute approximate surface area is 170 Å². The van der Waals surface area contributed by atoms with Gasteiger partial charge in [-0.1, -0.05) is 48.5 Å². The maximum atomic E-state index is 14.8. The van der Waals surface area contributed by atoms with Crippen molar-refractivity contribution in [2.45, 2.75) is 0 Å². The first-order valence-corrected chi connectivity index (χ1v) is 9.39. The van der Waals surface area contributed by atoms with E-state index in [4.69, 9.17) is 0 Å². The lowest BCUT2D eigenvalue weighted by atomic mass is 9.85. The molecule has 0 aromatic heterocycles. The summed E-state index contributed by atoms with van der Waals surface area (Å²) < 4.78 is 56.6. The van der Waals surface area contributed by atoms with Crippen molar-refractivity contribution >= 4 is 21.5 Å². The summed E-state index contributed by atoms with van der Waals surface area (Å²) in [6.07, 6.45) is 0. The third-order valence-electron chi connectivity index (χ3n) is 5.33. The van der Waals surface area contributed by atoms with E-state index < -0.39 is 23.3 Å². The number of hydrogen-bond donors (Lipinski definition) is 0. The molecule has 0 spiro atoms. The molecule has 5 aromatic carbocycles. The fraction of sp³-hybridized carbons (Fsp3) is 0. The van der Waals surface area contributed by atoms with Crippen molar-refractivity contribution in [2.75, 3.05) is 0 Å². The molecule has 4 heteroatoms. The average Bonchev–Trinajstić information content (AvgIpc) is 2.73. The highest BCUT2D eigenvalue weighted by Gasteiger charge is 2.20. The zero-order chi connectivity index (χ0) is 20.8. The van der Waals surface area contributed by atoms with Gasteiger partial charge in [-0.2, -0.15) is 0 Å². The van der Waals surface area contributed by atoms with Crippen molar-refractivity contribution in [3.05, 3.63) is 108 Å². The maximum absolute atomic E-state index is 14.8. The lowest BCUT2D eigenvalue weighted by Gasteiger charge is -2.18. The maximum Gasteiger partial charge on any atom is 0.133 e. The fourth-order valence-electron chi connectivity index (χ4n) is 4.09. The molecule has 0 N–H and O–H groups in total. The lowest BCUT2D eigenvalue weighted by molar-refractivity contribution is 0.585. The number of benzene rings is 5. The first-order valence-electron chi connectivity index (χ1n) is 9.39. The molecule has 5 rings (SSSR count). The first-order chi connectivity index (χ1) is 14.5. The number of rotatable bonds is 2. The van der Waals surface area contributed by atoms with Crippen LogP contribution in [0.5, 0.6) is 0 Å². The van der Waals surface area contributed by atoms with Gasteiger partial charge in [0.1, 0.15) is 23.3 Å². The summed E-state index contributed by atoms with van der Waals surface area (Å²) in [7, 11) is 0. The third-order valence-corrected chi connectivity index (χ3v) is 5.33. The second-order valence-electron chi connectivity index (χ2n) is 7.09. The van der Waals surface area contributed by atoms with E-state index in [1.54, 1.807) is 0 Å². The molecule has 0 aliphatic rings. The molecule has 0 bridgehead atoms. The molecular weight excluding hydrogens is 388 g/mol. The predicted molar refractivity (Wildman–Crippen MR) is 112 cm³/mol. The molecule has 146 valence electrons. The molecule has 0 radical (unpaired) electrons. The third kappa shape index (κ3) is 2.84. The Balaban J connectivity index is 2.00. The van der Waals surface area contributed by atoms with Crippen LogP contribution in [0.4, 0.5) is 17.6 Å². The molecule has 0 unspecified atom stereocenters. The van der Waals surface area contributed by atoms with Crippen LogP contribution in [0, 0.1) is 23.3 Å². The van der Waals surface area contributed by atoms with Crippen LogP contribution in [-0.4, -0.2) is 0 Å². The van der Waals surface area contributed by atoms with E-state index in [1.165, 1.54) is 24.3 Å². The summed E-state index contributed by atoms with van der Waals surface area (Å²) >= 11 is 0. The molecule has 0 fully saturated rings. The molecule has 0 amide bonds. The topological polar surface area (TPSA) is 0 Å². The van der Waals surface area contributed by atoms with Crippen molar-refractivity contribution < 1.29 is 17.6 Å². The predicted octanol–water partition coefficient (Wildman–Crippen LogP) is 7.88. The van der Waals surface area contributed by atoms with E-state index in [9.17, 15) is 17.6 Å². The first kappa shape index (κ1) is 18.4. The smallest absolute Gasteiger partial charge is 0.133 e. The van der Waals surface area contributed by atoms with Crippen molar-refractivity contribution in [1.82, 2.24) is 0 Å². The number of halogens is 4. The summed E-state index contributed by atoms with van der Waals surface area (Å²) in [5.74, 6) is -2.67. The highest BCUT2D eigenvalue weighted by atomic mass is 19.1. The molecule has 0 heterocycles. The Morgan fingerprint density at radius 2 is 0.733 bits per heavy atom. The van der Waals surface area contributed by atoms with Gasteiger partial charge in [-0.3, -0.25) is 0 Å². The van der Waals surface area contributed by atoms with Gasteiger partial charge in [0, 0.05) is 34.4 Å². The van der Waals surface area contributed by atoms with E-state index in [1.807, 2.05) is 48.5 Å². The molecule has 0 saturated carbocycles. The Hall–Kier alpha value is -3.66. The van der Waals surface area contributed by atoms with E-state index in [2.05, 4.69) is 0 Å². The van der Waals surface area contributed by atoms with E-state index in [0.29, 0.717) is 32.7 Å². The van der Waals surface area contributed by atoms with Gasteiger partial charge in [0.05, 0.1) is 0 Å². The van der Waals surface area contributed by atoms with Gasteiger partial charge in [0.25, 0.3) is 0 Å². The molecule has 0 nitrogen and oxygen atoms in total. The second kappa shape index (κ2) is 6.99. The van der Waals surface area contributed by atoms with Crippen molar-refractivity contribution in [3.63, 3.8) is 0 Å². The van der Waals surface area contributed by atoms with Gasteiger partial charge in [-0.05, 0) is 45.8 Å². The summed E-state index contributed by atoms with van der Waals surface area (Å²) in [5, 5.41) is 2.78. The van der Waals surface area contributed by atoms with E-state index >= 15 is 0 Å². The van der Waals surface area contributed by atoms with Crippen molar-refractivity contribution in [3.8, 4) is 22.3 Å². The van der Waals surface area contributed by atoms with Crippen LogP contribution in [0.1, 0.15) is 0 Å². The largest absolute Gasteiger partial charge is 0.207 e. The molecule has 0 saturated heterocycles. The zero-order valence-electron chi connectivity index (χ0n) is 15.6. The Bertz CT molecular complexity index is 1270. The molecule has 0 aliphatic heterocycles. The molecular formula is C26H14F4. The van der Waals surface area contributed by atoms with Gasteiger partial charge in [0.15, 0.2) is 0 Å². The van der Waals surface area contributed by atoms with Gasteiger partial charge in [-0.25, -0.2) is 17.6 Å². The van der Waals surface area contributed by atoms with Crippen molar-refractivity contribution in [1.29, 1.82) is 0 Å². The standard InChI is InChI=1S/C26H14F4/c27-15-9-11-21(23(29)13-15)25-17-5-1-2-6-18(17)26(20-8-4-3-7-19(20)25)22-12-10-16(28)14-24(22)30/h1-14H. The normalized spacial score (nSPS) is 11.3. The van der Waals surface area contributed by atoms with E-state index in [-0.39, 0.29) is 11.1 Å². The minimum absolute atomic E-state index is 0.259. The molecule has 0 aliphatic carbocycles. The quantitative estimate of drug-likeness (QED) is 0.208. The summed E-state index contributed by atoms with van der Waals surface area (Å²) in [5.41, 5.74) is 1.72. The minimum atomic E-state index is -0.675.